The number of anilines is 2. The van der Waals surface area contributed by atoms with Crippen LogP contribution in [0.5, 0.6) is 5.75 Å². The Morgan fingerprint density at radius 1 is 1.11 bits per heavy atom. The van der Waals surface area contributed by atoms with Crippen molar-refractivity contribution in [1.82, 2.24) is 14.9 Å². The van der Waals surface area contributed by atoms with Gasteiger partial charge in [0.2, 0.25) is 0 Å². The van der Waals surface area contributed by atoms with Crippen LogP contribution < -0.4 is 15.4 Å². The van der Waals surface area contributed by atoms with Gasteiger partial charge in [0.1, 0.15) is 17.4 Å². The van der Waals surface area contributed by atoms with Gasteiger partial charge in [0.05, 0.1) is 18.2 Å². The van der Waals surface area contributed by atoms with E-state index in [2.05, 4.69) is 20.5 Å². The molecule has 144 valence electrons. The van der Waals surface area contributed by atoms with Gasteiger partial charge in [0, 0.05) is 54.5 Å². The molecule has 0 unspecified atom stereocenters. The molecule has 0 fully saturated rings. The van der Waals surface area contributed by atoms with E-state index in [9.17, 15) is 4.79 Å². The van der Waals surface area contributed by atoms with E-state index < -0.39 is 0 Å². The van der Waals surface area contributed by atoms with Crippen LogP contribution in [0.4, 0.5) is 11.6 Å². The van der Waals surface area contributed by atoms with E-state index in [0.29, 0.717) is 29.3 Å². The Bertz CT molecular complexity index is 1080. The second-order valence-corrected chi connectivity index (χ2v) is 6.98. The van der Waals surface area contributed by atoms with Crippen LogP contribution in [-0.2, 0) is 0 Å². The van der Waals surface area contributed by atoms with Crippen molar-refractivity contribution in [3.63, 3.8) is 0 Å². The van der Waals surface area contributed by atoms with Gasteiger partial charge < -0.3 is 20.3 Å². The number of carbonyl (C=O) groups is 1. The number of hydrogen-bond donors (Lipinski definition) is 2. The van der Waals surface area contributed by atoms with Gasteiger partial charge in [-0.3, -0.25) is 4.79 Å². The minimum Gasteiger partial charge on any atom is -0.497 e. The number of likely N-dealkylation sites (N-methyl/N-ethyl adjacent to an activating group) is 1. The summed E-state index contributed by atoms with van der Waals surface area (Å²) >= 11 is 0. The molecule has 1 aromatic carbocycles. The zero-order chi connectivity index (χ0) is 19.8. The lowest BCUT2D eigenvalue weighted by Crippen LogP contribution is -2.22. The number of ether oxygens (including phenoxy) is 1. The van der Waals surface area contributed by atoms with E-state index >= 15 is 0 Å². The normalized spacial score (nSPS) is 12.2. The number of rotatable bonds is 6. The van der Waals surface area contributed by atoms with Crippen molar-refractivity contribution in [3.8, 4) is 16.9 Å². The topological polar surface area (TPSA) is 79.4 Å². The molecule has 2 N–H and O–H groups in total. The molecular formula is C21H23N5O2. The van der Waals surface area contributed by atoms with Crippen LogP contribution in [-0.4, -0.2) is 62.0 Å². The molecule has 1 aliphatic carbocycles. The first-order valence-electron chi connectivity index (χ1n) is 9.17. The Labute approximate surface area is 163 Å². The summed E-state index contributed by atoms with van der Waals surface area (Å²) in [6.07, 6.45) is 1.66. The van der Waals surface area contributed by atoms with Crippen molar-refractivity contribution < 1.29 is 9.53 Å². The molecule has 7 nitrogen and oxygen atoms in total. The molecule has 1 aliphatic rings. The van der Waals surface area contributed by atoms with E-state index in [-0.39, 0.29) is 5.78 Å². The highest BCUT2D eigenvalue weighted by molar-refractivity contribution is 6.29. The number of benzene rings is 1. The first-order valence-corrected chi connectivity index (χ1v) is 9.17. The summed E-state index contributed by atoms with van der Waals surface area (Å²) in [5.74, 6) is 1.98. The Hall–Kier alpha value is -3.19. The molecular weight excluding hydrogens is 354 g/mol. The highest BCUT2D eigenvalue weighted by Gasteiger charge is 2.34. The molecule has 0 bridgehead atoms. The van der Waals surface area contributed by atoms with Crippen LogP contribution in [0.2, 0.25) is 0 Å². The van der Waals surface area contributed by atoms with Crippen molar-refractivity contribution in [2.45, 2.75) is 0 Å². The average Bonchev–Trinajstić information content (AvgIpc) is 3.00. The number of hydrogen-bond acceptors (Lipinski definition) is 7. The fraction of sp³-hybridized carbons (Fsp3) is 0.286. The molecule has 2 aromatic heterocycles. The number of ketones is 1. The minimum absolute atomic E-state index is 0.0264. The van der Waals surface area contributed by atoms with E-state index in [4.69, 9.17) is 9.72 Å². The van der Waals surface area contributed by atoms with E-state index in [1.807, 2.05) is 39.3 Å². The van der Waals surface area contributed by atoms with Crippen molar-refractivity contribution in [2.75, 3.05) is 52.0 Å². The molecule has 0 atom stereocenters. The fourth-order valence-electron chi connectivity index (χ4n) is 3.61. The van der Waals surface area contributed by atoms with Crippen molar-refractivity contribution in [2.24, 2.45) is 0 Å². The highest BCUT2D eigenvalue weighted by Crippen LogP contribution is 2.46. The van der Waals surface area contributed by atoms with Crippen LogP contribution >= 0.6 is 0 Å². The molecule has 3 aromatic rings. The SMILES string of the molecule is CNc1nccc2c1-c1c(c(NCCN(C)C)nc3cc(OC)ccc13)C2=O. The molecule has 7 heteroatoms. The van der Waals surface area contributed by atoms with Crippen LogP contribution in [0.3, 0.4) is 0 Å². The average molecular weight is 377 g/mol. The zero-order valence-electron chi connectivity index (χ0n) is 16.5. The van der Waals surface area contributed by atoms with Crippen molar-refractivity contribution >= 4 is 28.3 Å². The van der Waals surface area contributed by atoms with Crippen molar-refractivity contribution in [1.29, 1.82) is 0 Å². The maximum Gasteiger partial charge on any atom is 0.198 e. The van der Waals surface area contributed by atoms with E-state index in [0.717, 1.165) is 34.3 Å². The van der Waals surface area contributed by atoms with Gasteiger partial charge in [0.15, 0.2) is 5.78 Å². The molecule has 0 amide bonds. The third kappa shape index (κ3) is 2.84. The van der Waals surface area contributed by atoms with Gasteiger partial charge in [-0.05, 0) is 32.3 Å². The lowest BCUT2D eigenvalue weighted by molar-refractivity contribution is 0.104. The van der Waals surface area contributed by atoms with Crippen LogP contribution in [0, 0.1) is 0 Å². The predicted octanol–water partition coefficient (Wildman–Crippen LogP) is 2.87. The summed E-state index contributed by atoms with van der Waals surface area (Å²) < 4.78 is 5.37. The first-order chi connectivity index (χ1) is 13.5. The summed E-state index contributed by atoms with van der Waals surface area (Å²) in [6.45, 7) is 1.51. The Balaban J connectivity index is 1.98. The van der Waals surface area contributed by atoms with Crippen molar-refractivity contribution in [3.05, 3.63) is 41.6 Å². The Morgan fingerprint density at radius 2 is 1.93 bits per heavy atom. The fourth-order valence-corrected chi connectivity index (χ4v) is 3.61. The highest BCUT2D eigenvalue weighted by atomic mass is 16.5. The number of aromatic nitrogens is 2. The van der Waals surface area contributed by atoms with Gasteiger partial charge in [-0.1, -0.05) is 0 Å². The monoisotopic (exact) mass is 377 g/mol. The standard InChI is InChI=1S/C21H23N5O2/c1-22-20-17-14(7-8-23-20)19(27)18-16(17)13-6-5-12(28-4)11-15(13)25-21(18)24-9-10-26(2)3/h5-8,11H,9-10H2,1-4H3,(H,22,23)(H,24,25). The van der Waals surface area contributed by atoms with Gasteiger partial charge in [-0.15, -0.1) is 0 Å². The van der Waals surface area contributed by atoms with Crippen LogP contribution in [0.15, 0.2) is 30.5 Å². The summed E-state index contributed by atoms with van der Waals surface area (Å²) in [5, 5.41) is 7.38. The summed E-state index contributed by atoms with van der Waals surface area (Å²) in [5.41, 5.74) is 3.73. The third-order valence-corrected chi connectivity index (χ3v) is 4.95. The predicted molar refractivity (Wildman–Crippen MR) is 112 cm³/mol. The second-order valence-electron chi connectivity index (χ2n) is 6.98. The van der Waals surface area contributed by atoms with Gasteiger partial charge in [-0.25, -0.2) is 9.97 Å². The maximum absolute atomic E-state index is 13.3. The lowest BCUT2D eigenvalue weighted by Gasteiger charge is -2.15. The lowest BCUT2D eigenvalue weighted by atomic mass is 10.0. The number of nitrogens with one attached hydrogen (secondary N) is 2. The molecule has 0 radical (unpaired) electrons. The summed E-state index contributed by atoms with van der Waals surface area (Å²) in [4.78, 5) is 24.5. The summed E-state index contributed by atoms with van der Waals surface area (Å²) in [6, 6.07) is 7.52. The minimum atomic E-state index is -0.0264. The Morgan fingerprint density at radius 3 is 2.64 bits per heavy atom. The number of fused-ring (bicyclic) bond motifs is 5. The third-order valence-electron chi connectivity index (χ3n) is 4.95. The second kappa shape index (κ2) is 7.09. The van der Waals surface area contributed by atoms with E-state index in [1.54, 1.807) is 19.4 Å². The largest absolute Gasteiger partial charge is 0.497 e. The van der Waals surface area contributed by atoms with Gasteiger partial charge in [-0.2, -0.15) is 0 Å². The zero-order valence-corrected chi connectivity index (χ0v) is 16.5. The summed E-state index contributed by atoms with van der Waals surface area (Å²) in [7, 11) is 7.47. The molecule has 0 spiro atoms. The molecule has 0 saturated heterocycles. The molecule has 0 aliphatic heterocycles. The number of methoxy groups -OCH3 is 1. The molecule has 4 rings (SSSR count). The smallest absolute Gasteiger partial charge is 0.198 e. The van der Waals surface area contributed by atoms with Crippen LogP contribution in [0.25, 0.3) is 22.0 Å². The van der Waals surface area contributed by atoms with Gasteiger partial charge in [0.25, 0.3) is 0 Å². The Kier molecular flexibility index (Phi) is 4.60. The van der Waals surface area contributed by atoms with Gasteiger partial charge >= 0.3 is 0 Å². The van der Waals surface area contributed by atoms with Crippen LogP contribution in [0.1, 0.15) is 15.9 Å². The maximum atomic E-state index is 13.3. The number of carbonyl (C=O) groups excluding carboxylic acids is 1. The molecule has 28 heavy (non-hydrogen) atoms. The molecule has 0 saturated carbocycles. The number of pyridine rings is 2. The van der Waals surface area contributed by atoms with E-state index in [1.165, 1.54) is 0 Å². The quantitative estimate of drug-likeness (QED) is 0.535. The number of nitrogens with zero attached hydrogens (tertiary/aromatic N) is 3. The first kappa shape index (κ1) is 18.2. The molecule has 2 heterocycles.